The molecule has 0 aliphatic carbocycles. The second kappa shape index (κ2) is 9.95. The minimum atomic E-state index is -0.885. The molecule has 1 aliphatic rings. The Bertz CT molecular complexity index is 1500. The van der Waals surface area contributed by atoms with Crippen molar-refractivity contribution in [3.05, 3.63) is 65.9 Å². The number of likely N-dealkylation sites (N-methyl/N-ethyl adjacent to an activating group) is 1. The van der Waals surface area contributed by atoms with Crippen LogP contribution in [-0.4, -0.2) is 70.6 Å². The van der Waals surface area contributed by atoms with Gasteiger partial charge in [-0.25, -0.2) is 0 Å². The molecule has 0 bridgehead atoms. The topological polar surface area (TPSA) is 106 Å². The number of nitrogens with zero attached hydrogens (tertiary/aromatic N) is 2. The lowest BCUT2D eigenvalue weighted by molar-refractivity contribution is -0.138. The molecule has 1 aliphatic heterocycles. The molecule has 192 valence electrons. The number of carboxylic acid groups (broad SMARTS) is 1. The number of halogens is 1. The van der Waals surface area contributed by atoms with E-state index in [-0.39, 0.29) is 29.5 Å². The molecule has 8 nitrogen and oxygen atoms in total. The highest BCUT2D eigenvalue weighted by atomic mass is 35.5. The van der Waals surface area contributed by atoms with Crippen LogP contribution in [-0.2, 0) is 4.79 Å². The first-order valence-corrected chi connectivity index (χ1v) is 12.5. The summed E-state index contributed by atoms with van der Waals surface area (Å²) in [6.45, 7) is 3.10. The number of carbonyl (C=O) groups is 2. The Morgan fingerprint density at radius 2 is 1.95 bits per heavy atom. The molecule has 4 aromatic rings. The van der Waals surface area contributed by atoms with Crippen LogP contribution < -0.4 is 9.64 Å². The van der Waals surface area contributed by atoms with Gasteiger partial charge in [0.05, 0.1) is 12.2 Å². The Balaban J connectivity index is 1.40. The van der Waals surface area contributed by atoms with E-state index in [0.717, 1.165) is 27.2 Å². The van der Waals surface area contributed by atoms with Crippen molar-refractivity contribution < 1.29 is 24.5 Å². The van der Waals surface area contributed by atoms with E-state index in [4.69, 9.17) is 21.4 Å². The maximum atomic E-state index is 13.7. The second-order valence-corrected chi connectivity index (χ2v) is 10.2. The van der Waals surface area contributed by atoms with E-state index < -0.39 is 5.97 Å². The number of aromatic amines is 1. The second-order valence-electron chi connectivity index (χ2n) is 9.49. The van der Waals surface area contributed by atoms with Gasteiger partial charge in [-0.15, -0.1) is 11.6 Å². The van der Waals surface area contributed by atoms with Crippen molar-refractivity contribution in [2.24, 2.45) is 0 Å². The lowest BCUT2D eigenvalue weighted by Crippen LogP contribution is -2.31. The SMILES string of the molecule is CC(Cl)[C@@H]1CN(C(=O)c2cc3cc(OCCN(C)CC(=O)O)ccc3[nH]2)c2cc(O)c3ccccc3c21. The van der Waals surface area contributed by atoms with E-state index in [1.54, 1.807) is 29.0 Å². The number of nitrogens with one attached hydrogen (secondary N) is 1. The quantitative estimate of drug-likeness (QED) is 0.288. The summed E-state index contributed by atoms with van der Waals surface area (Å²) in [6, 6.07) is 16.6. The summed E-state index contributed by atoms with van der Waals surface area (Å²) < 4.78 is 5.79. The molecule has 0 spiro atoms. The number of ether oxygens (including phenoxy) is 1. The third-order valence-corrected chi connectivity index (χ3v) is 7.16. The lowest BCUT2D eigenvalue weighted by Gasteiger charge is -2.18. The van der Waals surface area contributed by atoms with Crippen LogP contribution in [0, 0.1) is 0 Å². The minimum absolute atomic E-state index is 0.0533. The highest BCUT2D eigenvalue weighted by Gasteiger charge is 2.37. The maximum absolute atomic E-state index is 13.7. The van der Waals surface area contributed by atoms with Gasteiger partial charge in [0, 0.05) is 46.7 Å². The summed E-state index contributed by atoms with van der Waals surface area (Å²) in [4.78, 5) is 31.1. The monoisotopic (exact) mass is 521 g/mol. The number of rotatable bonds is 8. The van der Waals surface area contributed by atoms with E-state index in [0.29, 0.717) is 36.8 Å². The molecule has 1 aromatic heterocycles. The number of hydrogen-bond acceptors (Lipinski definition) is 5. The van der Waals surface area contributed by atoms with Crippen molar-refractivity contribution in [2.45, 2.75) is 18.2 Å². The van der Waals surface area contributed by atoms with Crippen molar-refractivity contribution in [1.29, 1.82) is 0 Å². The van der Waals surface area contributed by atoms with E-state index in [1.807, 2.05) is 49.4 Å². The number of phenols is 1. The number of aromatic hydroxyl groups is 1. The van der Waals surface area contributed by atoms with Gasteiger partial charge < -0.3 is 24.8 Å². The van der Waals surface area contributed by atoms with Crippen LogP contribution in [0.2, 0.25) is 0 Å². The Morgan fingerprint density at radius 1 is 1.19 bits per heavy atom. The van der Waals surface area contributed by atoms with E-state index in [2.05, 4.69) is 4.98 Å². The van der Waals surface area contributed by atoms with E-state index in [9.17, 15) is 14.7 Å². The van der Waals surface area contributed by atoms with Gasteiger partial charge in [0.15, 0.2) is 0 Å². The molecule has 0 saturated heterocycles. The predicted molar refractivity (Wildman–Crippen MR) is 144 cm³/mol. The fourth-order valence-corrected chi connectivity index (χ4v) is 5.23. The summed E-state index contributed by atoms with van der Waals surface area (Å²) >= 11 is 6.58. The standard InChI is InChI=1S/C28H28ClN3O5/c1-16(29)21-14-32(24-13-25(33)19-5-3-4-6-20(19)27(21)24)28(36)23-12-17-11-18(7-8-22(17)30-23)37-10-9-31(2)15-26(34)35/h3-8,11-13,16,21,30,33H,9-10,14-15H2,1-2H3,(H,34,35)/t16?,21-/m0/s1. The predicted octanol–water partition coefficient (Wildman–Crippen LogP) is 4.79. The number of benzene rings is 3. The average molecular weight is 522 g/mol. The number of aromatic nitrogens is 1. The van der Waals surface area contributed by atoms with Crippen LogP contribution in [0.4, 0.5) is 5.69 Å². The summed E-state index contributed by atoms with van der Waals surface area (Å²) in [5.74, 6) is -0.403. The molecule has 3 N–H and O–H groups in total. The van der Waals surface area contributed by atoms with Crippen molar-refractivity contribution >= 4 is 50.8 Å². The van der Waals surface area contributed by atoms with Crippen LogP contribution >= 0.6 is 11.6 Å². The normalized spacial score (nSPS) is 15.9. The Hall–Kier alpha value is -3.75. The Morgan fingerprint density at radius 3 is 2.68 bits per heavy atom. The fraction of sp³-hybridized carbons (Fsp3) is 0.286. The molecule has 5 rings (SSSR count). The van der Waals surface area contributed by atoms with Gasteiger partial charge in [0.1, 0.15) is 23.8 Å². The first-order valence-electron chi connectivity index (χ1n) is 12.1. The van der Waals surface area contributed by atoms with Crippen molar-refractivity contribution in [3.8, 4) is 11.5 Å². The summed E-state index contributed by atoms with van der Waals surface area (Å²) in [5.41, 5.74) is 2.87. The largest absolute Gasteiger partial charge is 0.507 e. The van der Waals surface area contributed by atoms with Crippen molar-refractivity contribution in [3.63, 3.8) is 0 Å². The third-order valence-electron chi connectivity index (χ3n) is 6.85. The molecular formula is C28H28ClN3O5. The Labute approximate surface area is 219 Å². The zero-order valence-corrected chi connectivity index (χ0v) is 21.3. The summed E-state index contributed by atoms with van der Waals surface area (Å²) in [7, 11) is 1.72. The third kappa shape index (κ3) is 4.82. The number of alkyl halides is 1. The molecule has 0 saturated carbocycles. The average Bonchev–Trinajstić information content (AvgIpc) is 3.45. The van der Waals surface area contributed by atoms with Crippen LogP contribution in [0.25, 0.3) is 21.7 Å². The van der Waals surface area contributed by atoms with Gasteiger partial charge in [-0.3, -0.25) is 14.5 Å². The molecule has 9 heteroatoms. The molecule has 0 radical (unpaired) electrons. The number of carboxylic acids is 1. The number of hydrogen-bond donors (Lipinski definition) is 3. The number of carbonyl (C=O) groups excluding carboxylic acids is 1. The van der Waals surface area contributed by atoms with Gasteiger partial charge in [0.25, 0.3) is 5.91 Å². The molecule has 37 heavy (non-hydrogen) atoms. The van der Waals surface area contributed by atoms with Gasteiger partial charge in [-0.05, 0) is 49.2 Å². The molecule has 3 aromatic carbocycles. The maximum Gasteiger partial charge on any atom is 0.317 e. The zero-order chi connectivity index (χ0) is 26.3. The number of anilines is 1. The van der Waals surface area contributed by atoms with Gasteiger partial charge >= 0.3 is 5.97 Å². The molecule has 2 atom stereocenters. The molecular weight excluding hydrogens is 494 g/mol. The highest BCUT2D eigenvalue weighted by Crippen LogP contribution is 2.47. The number of H-pyrrole nitrogens is 1. The molecule has 1 amide bonds. The lowest BCUT2D eigenvalue weighted by atomic mass is 9.92. The van der Waals surface area contributed by atoms with Crippen molar-refractivity contribution in [1.82, 2.24) is 9.88 Å². The van der Waals surface area contributed by atoms with E-state index >= 15 is 0 Å². The number of amides is 1. The number of aliphatic carboxylic acids is 1. The number of fused-ring (bicyclic) bond motifs is 4. The smallest absolute Gasteiger partial charge is 0.317 e. The summed E-state index contributed by atoms with van der Waals surface area (Å²) in [6.07, 6.45) is 0. The molecule has 1 unspecified atom stereocenters. The first-order chi connectivity index (χ1) is 17.7. The molecule has 2 heterocycles. The van der Waals surface area contributed by atoms with E-state index in [1.165, 1.54) is 0 Å². The zero-order valence-electron chi connectivity index (χ0n) is 20.6. The van der Waals surface area contributed by atoms with Crippen LogP contribution in [0.5, 0.6) is 11.5 Å². The van der Waals surface area contributed by atoms with Crippen LogP contribution in [0.3, 0.4) is 0 Å². The van der Waals surface area contributed by atoms with Crippen molar-refractivity contribution in [2.75, 3.05) is 38.2 Å². The minimum Gasteiger partial charge on any atom is -0.507 e. The summed E-state index contributed by atoms with van der Waals surface area (Å²) in [5, 5.41) is 21.8. The first kappa shape index (κ1) is 24.9. The van der Waals surface area contributed by atoms with Crippen LogP contribution in [0.1, 0.15) is 28.9 Å². The Kier molecular flexibility index (Phi) is 6.70. The fourth-order valence-electron chi connectivity index (χ4n) is 5.02. The van der Waals surface area contributed by atoms with Gasteiger partial charge in [0.2, 0.25) is 0 Å². The molecule has 0 fully saturated rings. The van der Waals surface area contributed by atoms with Gasteiger partial charge in [-0.2, -0.15) is 0 Å². The number of phenolic OH excluding ortho intramolecular Hbond substituents is 1. The van der Waals surface area contributed by atoms with Gasteiger partial charge in [-0.1, -0.05) is 24.3 Å². The highest BCUT2D eigenvalue weighted by molar-refractivity contribution is 6.22. The van der Waals surface area contributed by atoms with Crippen LogP contribution in [0.15, 0.2) is 54.6 Å².